The number of benzene rings is 2. The van der Waals surface area contributed by atoms with Crippen molar-refractivity contribution >= 4 is 27.7 Å². The van der Waals surface area contributed by atoms with E-state index in [-0.39, 0.29) is 23.8 Å². The molecule has 1 N–H and O–H groups in total. The maximum atomic E-state index is 13.7. The fourth-order valence-electron chi connectivity index (χ4n) is 5.69. The topological polar surface area (TPSA) is 55.4 Å². The molecule has 0 amide bonds. The van der Waals surface area contributed by atoms with Gasteiger partial charge < -0.3 is 10.1 Å². The first-order valence-corrected chi connectivity index (χ1v) is 13.1. The molecule has 34 heavy (non-hydrogen) atoms. The number of halogens is 1. The fraction of sp³-hybridized carbons (Fsp3) is 0.379. The van der Waals surface area contributed by atoms with Gasteiger partial charge in [-0.25, -0.2) is 4.79 Å². The summed E-state index contributed by atoms with van der Waals surface area (Å²) < 4.78 is 6.93. The summed E-state index contributed by atoms with van der Waals surface area (Å²) >= 11 is 3.57. The van der Waals surface area contributed by atoms with E-state index in [1.165, 1.54) is 12.0 Å². The Morgan fingerprint density at radius 3 is 2.44 bits per heavy atom. The van der Waals surface area contributed by atoms with E-state index in [4.69, 9.17) is 4.74 Å². The number of dihydropyridines is 1. The molecule has 3 aliphatic rings. The van der Waals surface area contributed by atoms with E-state index in [9.17, 15) is 9.59 Å². The van der Waals surface area contributed by atoms with E-state index < -0.39 is 5.92 Å². The molecule has 2 aromatic rings. The van der Waals surface area contributed by atoms with E-state index >= 15 is 0 Å². The predicted octanol–water partition coefficient (Wildman–Crippen LogP) is 6.69. The Labute approximate surface area is 209 Å². The van der Waals surface area contributed by atoms with Crippen LogP contribution in [0.1, 0.15) is 74.8 Å². The normalized spacial score (nSPS) is 23.4. The van der Waals surface area contributed by atoms with Gasteiger partial charge in [0.2, 0.25) is 0 Å². The van der Waals surface area contributed by atoms with Crippen LogP contribution >= 0.6 is 15.9 Å². The first-order valence-electron chi connectivity index (χ1n) is 12.3. The monoisotopic (exact) mass is 519 g/mol. The number of rotatable bonds is 4. The summed E-state index contributed by atoms with van der Waals surface area (Å²) in [7, 11) is 0. The molecule has 4 nitrogen and oxygen atoms in total. The SMILES string of the molecule is CC1=C(C(=O)OC2CCCCC2)[C@@H](c2cccc(Br)c2)C2=C(C[C@H](c3ccccc3)CC2=O)N1. The number of ketones is 1. The standard InChI is InChI=1S/C29H30BrNO3/c1-18-26(29(33)34-23-13-6-3-7-14-23)27(20-11-8-12-22(30)15-20)28-24(31-18)16-21(17-25(28)32)19-9-4-2-5-10-19/h2,4-5,8-12,15,21,23,27,31H,3,6-7,13-14,16-17H2,1H3/t21-,27+/m0/s1. The molecule has 5 heteroatoms. The molecule has 2 aromatic carbocycles. The number of nitrogens with one attached hydrogen (secondary N) is 1. The van der Waals surface area contributed by atoms with Gasteiger partial charge in [-0.05, 0) is 68.2 Å². The quantitative estimate of drug-likeness (QED) is 0.457. The van der Waals surface area contributed by atoms with Gasteiger partial charge in [-0.2, -0.15) is 0 Å². The van der Waals surface area contributed by atoms with Gasteiger partial charge in [-0.1, -0.05) is 64.8 Å². The number of hydrogen-bond acceptors (Lipinski definition) is 4. The maximum absolute atomic E-state index is 13.7. The number of ether oxygens (including phenoxy) is 1. The van der Waals surface area contributed by atoms with Crippen molar-refractivity contribution in [2.45, 2.75) is 69.8 Å². The number of carbonyl (C=O) groups is 2. The predicted molar refractivity (Wildman–Crippen MR) is 136 cm³/mol. The number of allylic oxidation sites excluding steroid dienone is 3. The van der Waals surface area contributed by atoms with Gasteiger partial charge >= 0.3 is 5.97 Å². The third-order valence-corrected chi connectivity index (χ3v) is 7.82. The van der Waals surface area contributed by atoms with Crippen LogP contribution in [0.15, 0.2) is 81.6 Å². The van der Waals surface area contributed by atoms with Crippen molar-refractivity contribution in [1.29, 1.82) is 0 Å². The van der Waals surface area contributed by atoms with Crippen LogP contribution in [0.25, 0.3) is 0 Å². The molecule has 5 rings (SSSR count). The van der Waals surface area contributed by atoms with Gasteiger partial charge in [-0.3, -0.25) is 4.79 Å². The second-order valence-electron chi connectivity index (χ2n) is 9.65. The first kappa shape index (κ1) is 23.1. The molecule has 0 bridgehead atoms. The van der Waals surface area contributed by atoms with Gasteiger partial charge in [0.05, 0.1) is 5.57 Å². The minimum Gasteiger partial charge on any atom is -0.459 e. The van der Waals surface area contributed by atoms with E-state index in [0.29, 0.717) is 17.6 Å². The Bertz CT molecular complexity index is 1160. The van der Waals surface area contributed by atoms with Gasteiger partial charge in [0, 0.05) is 33.8 Å². The number of carbonyl (C=O) groups excluding carboxylic acids is 2. The molecule has 1 saturated carbocycles. The van der Waals surface area contributed by atoms with Crippen molar-refractivity contribution in [2.24, 2.45) is 0 Å². The summed E-state index contributed by atoms with van der Waals surface area (Å²) in [4.78, 5) is 27.2. The second-order valence-corrected chi connectivity index (χ2v) is 10.6. The van der Waals surface area contributed by atoms with Crippen molar-refractivity contribution in [1.82, 2.24) is 5.32 Å². The summed E-state index contributed by atoms with van der Waals surface area (Å²) in [6.07, 6.45) is 6.37. The lowest BCUT2D eigenvalue weighted by atomic mass is 9.71. The Morgan fingerprint density at radius 1 is 0.971 bits per heavy atom. The highest BCUT2D eigenvalue weighted by Crippen LogP contribution is 2.46. The highest BCUT2D eigenvalue weighted by molar-refractivity contribution is 9.10. The molecular weight excluding hydrogens is 490 g/mol. The third-order valence-electron chi connectivity index (χ3n) is 7.33. The Morgan fingerprint density at radius 2 is 1.71 bits per heavy atom. The van der Waals surface area contributed by atoms with Crippen LogP contribution in [-0.2, 0) is 14.3 Å². The highest BCUT2D eigenvalue weighted by Gasteiger charge is 2.42. The van der Waals surface area contributed by atoms with Crippen molar-refractivity contribution < 1.29 is 14.3 Å². The van der Waals surface area contributed by atoms with E-state index in [0.717, 1.165) is 53.5 Å². The average Bonchev–Trinajstić information content (AvgIpc) is 2.84. The second kappa shape index (κ2) is 9.91. The zero-order valence-corrected chi connectivity index (χ0v) is 21.1. The molecule has 1 heterocycles. The molecule has 0 spiro atoms. The third kappa shape index (κ3) is 4.63. The Hall–Kier alpha value is -2.66. The van der Waals surface area contributed by atoms with Crippen molar-refractivity contribution in [3.05, 3.63) is 92.7 Å². The van der Waals surface area contributed by atoms with Crippen LogP contribution in [0, 0.1) is 0 Å². The van der Waals surface area contributed by atoms with Gasteiger partial charge in [0.15, 0.2) is 5.78 Å². The molecule has 0 saturated heterocycles. The number of Topliss-reactive ketones (excluding diaryl/α,β-unsaturated/α-hetero) is 1. The molecular formula is C29H30BrNO3. The first-order chi connectivity index (χ1) is 16.5. The van der Waals surface area contributed by atoms with E-state index in [1.807, 2.05) is 49.4 Å². The summed E-state index contributed by atoms with van der Waals surface area (Å²) in [6, 6.07) is 18.2. The van der Waals surface area contributed by atoms with Gasteiger partial charge in [-0.15, -0.1) is 0 Å². The van der Waals surface area contributed by atoms with Crippen LogP contribution < -0.4 is 5.32 Å². The summed E-state index contributed by atoms with van der Waals surface area (Å²) in [5.41, 5.74) is 5.10. The lowest BCUT2D eigenvalue weighted by Gasteiger charge is -2.37. The minimum absolute atomic E-state index is 0.0374. The van der Waals surface area contributed by atoms with Crippen molar-refractivity contribution in [3.63, 3.8) is 0 Å². The fourth-order valence-corrected chi connectivity index (χ4v) is 6.10. The molecule has 1 aliphatic heterocycles. The molecule has 0 unspecified atom stereocenters. The maximum Gasteiger partial charge on any atom is 0.337 e. The lowest BCUT2D eigenvalue weighted by molar-refractivity contribution is -0.146. The summed E-state index contributed by atoms with van der Waals surface area (Å²) in [5, 5.41) is 3.46. The molecule has 1 fully saturated rings. The minimum atomic E-state index is -0.422. The molecule has 0 aromatic heterocycles. The number of hydrogen-bond donors (Lipinski definition) is 1. The lowest BCUT2D eigenvalue weighted by Crippen LogP contribution is -2.37. The largest absolute Gasteiger partial charge is 0.459 e. The van der Waals surface area contributed by atoms with Crippen molar-refractivity contribution in [3.8, 4) is 0 Å². The Balaban J connectivity index is 1.53. The van der Waals surface area contributed by atoms with E-state index in [1.54, 1.807) is 0 Å². The highest BCUT2D eigenvalue weighted by atomic mass is 79.9. The summed E-state index contributed by atoms with van der Waals surface area (Å²) in [5.74, 6) is -0.491. The summed E-state index contributed by atoms with van der Waals surface area (Å²) in [6.45, 7) is 1.93. The zero-order valence-electron chi connectivity index (χ0n) is 19.5. The van der Waals surface area contributed by atoms with Gasteiger partial charge in [0.25, 0.3) is 0 Å². The van der Waals surface area contributed by atoms with Crippen LogP contribution in [0.2, 0.25) is 0 Å². The smallest absolute Gasteiger partial charge is 0.337 e. The zero-order chi connectivity index (χ0) is 23.7. The molecule has 2 atom stereocenters. The number of esters is 1. The Kier molecular flexibility index (Phi) is 6.73. The van der Waals surface area contributed by atoms with Crippen LogP contribution in [0.5, 0.6) is 0 Å². The average molecular weight is 520 g/mol. The van der Waals surface area contributed by atoms with Gasteiger partial charge in [0.1, 0.15) is 6.10 Å². The van der Waals surface area contributed by atoms with Crippen LogP contribution in [-0.4, -0.2) is 17.9 Å². The van der Waals surface area contributed by atoms with Crippen LogP contribution in [0.3, 0.4) is 0 Å². The van der Waals surface area contributed by atoms with Crippen LogP contribution in [0.4, 0.5) is 0 Å². The molecule has 2 aliphatic carbocycles. The molecule has 176 valence electrons. The van der Waals surface area contributed by atoms with Crippen molar-refractivity contribution in [2.75, 3.05) is 0 Å². The van der Waals surface area contributed by atoms with E-state index in [2.05, 4.69) is 33.4 Å². The molecule has 0 radical (unpaired) electrons.